The zero-order valence-corrected chi connectivity index (χ0v) is 12.2. The van der Waals surface area contributed by atoms with Crippen LogP contribution in [0.2, 0.25) is 0 Å². The maximum absolute atomic E-state index is 12.7. The lowest BCUT2D eigenvalue weighted by molar-refractivity contribution is -0.132. The molecule has 0 spiro atoms. The second-order valence-electron chi connectivity index (χ2n) is 5.71. The number of carboxylic acids is 1. The first-order chi connectivity index (χ1) is 9.79. The van der Waals surface area contributed by atoms with Crippen molar-refractivity contribution in [2.75, 3.05) is 0 Å². The molecule has 0 bridgehead atoms. The SMILES string of the molecule is CC1=CC(=O)CC(C)(C)C1(O)C#C/C(=C\C(=O)O)C(F)(F)F. The number of carboxylic acid groups (broad SMARTS) is 1. The smallest absolute Gasteiger partial charge is 0.424 e. The van der Waals surface area contributed by atoms with Crippen molar-refractivity contribution in [2.45, 2.75) is 39.0 Å². The van der Waals surface area contributed by atoms with E-state index in [1.807, 2.05) is 0 Å². The largest absolute Gasteiger partial charge is 0.478 e. The monoisotopic (exact) mass is 316 g/mol. The molecule has 22 heavy (non-hydrogen) atoms. The van der Waals surface area contributed by atoms with Crippen molar-refractivity contribution in [1.82, 2.24) is 0 Å². The molecule has 0 aromatic carbocycles. The Balaban J connectivity index is 3.41. The summed E-state index contributed by atoms with van der Waals surface area (Å²) >= 11 is 0. The maximum Gasteiger partial charge on any atom is 0.424 e. The number of aliphatic carboxylic acids is 1. The molecule has 120 valence electrons. The number of carbonyl (C=O) groups is 2. The lowest BCUT2D eigenvalue weighted by atomic mass is 9.65. The van der Waals surface area contributed by atoms with Gasteiger partial charge in [-0.25, -0.2) is 4.79 Å². The number of hydrogen-bond acceptors (Lipinski definition) is 3. The Hall–Kier alpha value is -2.07. The number of carbonyl (C=O) groups excluding carboxylic acids is 1. The molecule has 1 atom stereocenters. The molecule has 1 unspecified atom stereocenters. The molecule has 0 radical (unpaired) electrons. The molecule has 1 rings (SSSR count). The molecule has 1 aliphatic carbocycles. The van der Waals surface area contributed by atoms with E-state index >= 15 is 0 Å². The third-order valence-electron chi connectivity index (χ3n) is 3.50. The van der Waals surface area contributed by atoms with E-state index < -0.39 is 28.7 Å². The average molecular weight is 316 g/mol. The summed E-state index contributed by atoms with van der Waals surface area (Å²) in [4.78, 5) is 22.0. The predicted octanol–water partition coefficient (Wildman–Crippen LogP) is 2.24. The summed E-state index contributed by atoms with van der Waals surface area (Å²) in [5, 5.41) is 19.1. The van der Waals surface area contributed by atoms with Gasteiger partial charge >= 0.3 is 12.1 Å². The van der Waals surface area contributed by atoms with Crippen molar-refractivity contribution in [3.05, 3.63) is 23.3 Å². The third-order valence-corrected chi connectivity index (χ3v) is 3.50. The minimum absolute atomic E-state index is 0.0591. The highest BCUT2D eigenvalue weighted by molar-refractivity contribution is 5.93. The normalized spacial score (nSPS) is 25.1. The van der Waals surface area contributed by atoms with Crippen LogP contribution in [-0.4, -0.2) is 33.7 Å². The zero-order chi connectivity index (χ0) is 17.3. The van der Waals surface area contributed by atoms with Crippen LogP contribution in [0.15, 0.2) is 23.3 Å². The van der Waals surface area contributed by atoms with Crippen LogP contribution < -0.4 is 0 Å². The number of hydrogen-bond donors (Lipinski definition) is 2. The average Bonchev–Trinajstić information content (AvgIpc) is 2.29. The second-order valence-corrected chi connectivity index (χ2v) is 5.71. The van der Waals surface area contributed by atoms with E-state index in [-0.39, 0.29) is 23.9 Å². The number of halogens is 3. The van der Waals surface area contributed by atoms with Crippen LogP contribution in [0.4, 0.5) is 13.2 Å². The Kier molecular flexibility index (Phi) is 4.59. The van der Waals surface area contributed by atoms with Crippen LogP contribution in [-0.2, 0) is 9.59 Å². The summed E-state index contributed by atoms with van der Waals surface area (Å²) in [6.07, 6.45) is -3.96. The fourth-order valence-electron chi connectivity index (χ4n) is 2.23. The van der Waals surface area contributed by atoms with Crippen LogP contribution >= 0.6 is 0 Å². The van der Waals surface area contributed by atoms with Crippen LogP contribution in [0.1, 0.15) is 27.2 Å². The highest BCUT2D eigenvalue weighted by Crippen LogP contribution is 2.43. The van der Waals surface area contributed by atoms with Crippen LogP contribution in [0.3, 0.4) is 0 Å². The Morgan fingerprint density at radius 2 is 1.95 bits per heavy atom. The first-order valence-electron chi connectivity index (χ1n) is 6.28. The van der Waals surface area contributed by atoms with E-state index in [1.165, 1.54) is 20.8 Å². The van der Waals surface area contributed by atoms with Gasteiger partial charge in [-0.2, -0.15) is 13.2 Å². The predicted molar refractivity (Wildman–Crippen MR) is 71.7 cm³/mol. The van der Waals surface area contributed by atoms with E-state index in [0.29, 0.717) is 0 Å². The Morgan fingerprint density at radius 1 is 1.41 bits per heavy atom. The second kappa shape index (κ2) is 5.61. The quantitative estimate of drug-likeness (QED) is 0.575. The number of rotatable bonds is 1. The van der Waals surface area contributed by atoms with Crippen LogP contribution in [0.25, 0.3) is 0 Å². The first-order valence-corrected chi connectivity index (χ1v) is 6.28. The summed E-state index contributed by atoms with van der Waals surface area (Å²) < 4.78 is 38.2. The molecule has 0 heterocycles. The standard InChI is InChI=1S/C15H15F3O4/c1-9-6-11(19)8-13(2,3)14(9,22)5-4-10(7-12(20)21)15(16,17)18/h6-7,22H,8H2,1-3H3,(H,20,21)/b10-7+. The van der Waals surface area contributed by atoms with Crippen molar-refractivity contribution in [1.29, 1.82) is 0 Å². The molecule has 0 fully saturated rings. The van der Waals surface area contributed by atoms with E-state index in [9.17, 15) is 27.9 Å². The van der Waals surface area contributed by atoms with Crippen molar-refractivity contribution in [3.8, 4) is 11.8 Å². The summed E-state index contributed by atoms with van der Waals surface area (Å²) in [5.41, 5.74) is -4.51. The number of ketones is 1. The van der Waals surface area contributed by atoms with Gasteiger partial charge in [0.1, 0.15) is 5.57 Å². The highest BCUT2D eigenvalue weighted by atomic mass is 19.4. The summed E-state index contributed by atoms with van der Waals surface area (Å²) in [7, 11) is 0. The van der Waals surface area contributed by atoms with Crippen LogP contribution in [0, 0.1) is 17.3 Å². The van der Waals surface area contributed by atoms with Gasteiger partial charge < -0.3 is 10.2 Å². The van der Waals surface area contributed by atoms with Gasteiger partial charge in [-0.3, -0.25) is 4.79 Å². The lowest BCUT2D eigenvalue weighted by Crippen LogP contribution is -2.48. The van der Waals surface area contributed by atoms with Gasteiger partial charge in [0.05, 0.1) is 0 Å². The van der Waals surface area contributed by atoms with Gasteiger partial charge in [0.25, 0.3) is 0 Å². The first kappa shape index (κ1) is 18.0. The fraction of sp³-hybridized carbons (Fsp3) is 0.467. The topological polar surface area (TPSA) is 74.6 Å². The summed E-state index contributed by atoms with van der Waals surface area (Å²) in [5.74, 6) is 1.76. The van der Waals surface area contributed by atoms with Gasteiger partial charge in [-0.15, -0.1) is 0 Å². The van der Waals surface area contributed by atoms with Gasteiger partial charge in [-0.05, 0) is 18.6 Å². The summed E-state index contributed by atoms with van der Waals surface area (Å²) in [6.45, 7) is 4.40. The molecule has 0 aromatic rings. The van der Waals surface area contributed by atoms with E-state index in [2.05, 4.69) is 5.92 Å². The molecule has 0 amide bonds. The molecule has 0 saturated carbocycles. The third kappa shape index (κ3) is 3.57. The molecular formula is C15H15F3O4. The Morgan fingerprint density at radius 3 is 2.36 bits per heavy atom. The van der Waals surface area contributed by atoms with Crippen LogP contribution in [0.5, 0.6) is 0 Å². The van der Waals surface area contributed by atoms with Crippen molar-refractivity contribution in [2.24, 2.45) is 5.41 Å². The molecule has 2 N–H and O–H groups in total. The van der Waals surface area contributed by atoms with Crippen molar-refractivity contribution < 1.29 is 33.0 Å². The lowest BCUT2D eigenvalue weighted by Gasteiger charge is -2.42. The van der Waals surface area contributed by atoms with Gasteiger partial charge in [-0.1, -0.05) is 25.7 Å². The fourth-order valence-corrected chi connectivity index (χ4v) is 2.23. The van der Waals surface area contributed by atoms with E-state index in [1.54, 1.807) is 5.92 Å². The van der Waals surface area contributed by atoms with Gasteiger partial charge in [0, 0.05) is 17.9 Å². The van der Waals surface area contributed by atoms with Crippen molar-refractivity contribution >= 4 is 11.8 Å². The maximum atomic E-state index is 12.7. The van der Waals surface area contributed by atoms with Gasteiger partial charge in [0.2, 0.25) is 0 Å². The number of allylic oxidation sites excluding steroid dienone is 2. The Labute approximate surface area is 125 Å². The highest BCUT2D eigenvalue weighted by Gasteiger charge is 2.48. The van der Waals surface area contributed by atoms with E-state index in [4.69, 9.17) is 5.11 Å². The molecule has 0 saturated heterocycles. The van der Waals surface area contributed by atoms with Gasteiger partial charge in [0.15, 0.2) is 11.4 Å². The van der Waals surface area contributed by atoms with E-state index in [0.717, 1.165) is 6.08 Å². The molecule has 7 heteroatoms. The molecule has 0 aliphatic heterocycles. The minimum Gasteiger partial charge on any atom is -0.478 e. The molecule has 4 nitrogen and oxygen atoms in total. The van der Waals surface area contributed by atoms with Crippen molar-refractivity contribution in [3.63, 3.8) is 0 Å². The number of aliphatic hydroxyl groups is 1. The Bertz CT molecular complexity index is 629. The zero-order valence-electron chi connectivity index (χ0n) is 12.2. The number of alkyl halides is 3. The summed E-state index contributed by atoms with van der Waals surface area (Å²) in [6, 6.07) is 0. The molecule has 0 aromatic heterocycles. The molecular weight excluding hydrogens is 301 g/mol. The minimum atomic E-state index is -4.95. The molecule has 1 aliphatic rings.